The average molecular weight is 401 g/mol. The molecule has 2 rings (SSSR count). The molecule has 5 nitrogen and oxygen atoms in total. The highest BCUT2D eigenvalue weighted by atomic mass is 32.2. The fourth-order valence-corrected chi connectivity index (χ4v) is 3.08. The summed E-state index contributed by atoms with van der Waals surface area (Å²) in [5.41, 5.74) is 2.93. The molecule has 0 fully saturated rings. The van der Waals surface area contributed by atoms with Crippen LogP contribution in [0.4, 0.5) is 0 Å². The van der Waals surface area contributed by atoms with Crippen molar-refractivity contribution in [3.8, 4) is 5.75 Å². The number of ether oxygens (including phenoxy) is 1. The van der Waals surface area contributed by atoms with Gasteiger partial charge in [0.1, 0.15) is 18.4 Å². The van der Waals surface area contributed by atoms with E-state index in [0.29, 0.717) is 25.1 Å². The van der Waals surface area contributed by atoms with Gasteiger partial charge in [0.25, 0.3) is 5.91 Å². The van der Waals surface area contributed by atoms with Crippen LogP contribution in [0.15, 0.2) is 48.5 Å². The molecule has 0 radical (unpaired) electrons. The minimum Gasteiger partial charge on any atom is -0.492 e. The Balaban J connectivity index is 1.84. The summed E-state index contributed by atoms with van der Waals surface area (Å²) in [6, 6.07) is 14.3. The van der Waals surface area contributed by atoms with E-state index >= 15 is 0 Å². The van der Waals surface area contributed by atoms with Crippen LogP contribution in [0.1, 0.15) is 27.9 Å². The van der Waals surface area contributed by atoms with Crippen LogP contribution < -0.4 is 15.4 Å². The first kappa shape index (κ1) is 21.8. The lowest BCUT2D eigenvalue weighted by Gasteiger charge is -2.18. The number of hydrogen-bond acceptors (Lipinski definition) is 4. The van der Waals surface area contributed by atoms with Crippen LogP contribution in [0, 0.1) is 13.8 Å². The number of benzene rings is 2. The number of carbonyl (C=O) groups excluding carboxylic acids is 2. The Morgan fingerprint density at radius 2 is 1.82 bits per heavy atom. The standard InChI is InChI=1S/C22H28N2O3S/c1-16-9-10-19(15-17(16)2)27-13-12-23-22(26)20(11-14-28-3)24-21(25)18-7-5-4-6-8-18/h4-10,15,20H,11-14H2,1-3H3,(H,23,26)(H,24,25). The van der Waals surface area contributed by atoms with Gasteiger partial charge in [-0.15, -0.1) is 0 Å². The van der Waals surface area contributed by atoms with Crippen LogP contribution in [-0.2, 0) is 4.79 Å². The Morgan fingerprint density at radius 1 is 1.07 bits per heavy atom. The summed E-state index contributed by atoms with van der Waals surface area (Å²) in [5, 5.41) is 5.69. The molecule has 2 N–H and O–H groups in total. The molecular weight excluding hydrogens is 372 g/mol. The fourth-order valence-electron chi connectivity index (χ4n) is 2.61. The Morgan fingerprint density at radius 3 is 2.50 bits per heavy atom. The highest BCUT2D eigenvalue weighted by molar-refractivity contribution is 7.98. The van der Waals surface area contributed by atoms with Gasteiger partial charge >= 0.3 is 0 Å². The molecular formula is C22H28N2O3S. The largest absolute Gasteiger partial charge is 0.492 e. The lowest BCUT2D eigenvalue weighted by Crippen LogP contribution is -2.47. The zero-order valence-corrected chi connectivity index (χ0v) is 17.5. The van der Waals surface area contributed by atoms with Crippen molar-refractivity contribution in [2.75, 3.05) is 25.2 Å². The van der Waals surface area contributed by atoms with E-state index in [-0.39, 0.29) is 11.8 Å². The third-order valence-electron chi connectivity index (χ3n) is 4.42. The molecule has 2 aromatic carbocycles. The van der Waals surface area contributed by atoms with Crippen LogP contribution in [0.2, 0.25) is 0 Å². The van der Waals surface area contributed by atoms with E-state index in [2.05, 4.69) is 17.6 Å². The van der Waals surface area contributed by atoms with Crippen molar-refractivity contribution in [2.45, 2.75) is 26.3 Å². The second-order valence-corrected chi connectivity index (χ2v) is 7.54. The van der Waals surface area contributed by atoms with Gasteiger partial charge in [-0.05, 0) is 67.7 Å². The van der Waals surface area contributed by atoms with Crippen LogP contribution in [0.3, 0.4) is 0 Å². The smallest absolute Gasteiger partial charge is 0.251 e. The van der Waals surface area contributed by atoms with Gasteiger partial charge in [-0.2, -0.15) is 11.8 Å². The quantitative estimate of drug-likeness (QED) is 0.600. The first-order chi connectivity index (χ1) is 13.5. The second-order valence-electron chi connectivity index (χ2n) is 6.56. The molecule has 0 aliphatic carbocycles. The van der Waals surface area contributed by atoms with Gasteiger partial charge in [-0.25, -0.2) is 0 Å². The zero-order chi connectivity index (χ0) is 20.4. The monoisotopic (exact) mass is 400 g/mol. The molecule has 0 aliphatic rings. The Kier molecular flexibility index (Phi) is 8.88. The van der Waals surface area contributed by atoms with Crippen molar-refractivity contribution in [2.24, 2.45) is 0 Å². The number of carbonyl (C=O) groups is 2. The van der Waals surface area contributed by atoms with Gasteiger partial charge in [0.15, 0.2) is 0 Å². The molecule has 0 heterocycles. The third kappa shape index (κ3) is 6.93. The normalized spacial score (nSPS) is 11.5. The van der Waals surface area contributed by atoms with Gasteiger partial charge in [0.2, 0.25) is 5.91 Å². The van der Waals surface area contributed by atoms with E-state index < -0.39 is 6.04 Å². The van der Waals surface area contributed by atoms with Crippen molar-refractivity contribution in [1.29, 1.82) is 0 Å². The number of hydrogen-bond donors (Lipinski definition) is 2. The fraction of sp³-hybridized carbons (Fsp3) is 0.364. The molecule has 28 heavy (non-hydrogen) atoms. The molecule has 0 saturated carbocycles. The van der Waals surface area contributed by atoms with E-state index in [0.717, 1.165) is 11.5 Å². The lowest BCUT2D eigenvalue weighted by molar-refractivity contribution is -0.123. The van der Waals surface area contributed by atoms with Gasteiger partial charge in [-0.3, -0.25) is 9.59 Å². The molecule has 0 bridgehead atoms. The molecule has 6 heteroatoms. The van der Waals surface area contributed by atoms with Crippen molar-refractivity contribution in [1.82, 2.24) is 10.6 Å². The first-order valence-electron chi connectivity index (χ1n) is 9.34. The van der Waals surface area contributed by atoms with Gasteiger partial charge < -0.3 is 15.4 Å². The number of amides is 2. The van der Waals surface area contributed by atoms with Gasteiger partial charge in [0, 0.05) is 5.56 Å². The predicted molar refractivity (Wildman–Crippen MR) is 115 cm³/mol. The highest BCUT2D eigenvalue weighted by Crippen LogP contribution is 2.16. The molecule has 0 aliphatic heterocycles. The van der Waals surface area contributed by atoms with E-state index in [4.69, 9.17) is 4.74 Å². The minimum atomic E-state index is -0.568. The van der Waals surface area contributed by atoms with Crippen molar-refractivity contribution in [3.63, 3.8) is 0 Å². The third-order valence-corrected chi connectivity index (χ3v) is 5.06. The first-order valence-corrected chi connectivity index (χ1v) is 10.7. The summed E-state index contributed by atoms with van der Waals surface area (Å²) in [6.45, 7) is 4.84. The SMILES string of the molecule is CSCCC(NC(=O)c1ccccc1)C(=O)NCCOc1ccc(C)c(C)c1. The van der Waals surface area contributed by atoms with Crippen LogP contribution in [-0.4, -0.2) is 43.0 Å². The highest BCUT2D eigenvalue weighted by Gasteiger charge is 2.20. The summed E-state index contributed by atoms with van der Waals surface area (Å²) < 4.78 is 5.70. The van der Waals surface area contributed by atoms with Crippen molar-refractivity contribution >= 4 is 23.6 Å². The van der Waals surface area contributed by atoms with Gasteiger partial charge in [-0.1, -0.05) is 24.3 Å². The zero-order valence-electron chi connectivity index (χ0n) is 16.7. The van der Waals surface area contributed by atoms with Crippen LogP contribution >= 0.6 is 11.8 Å². The van der Waals surface area contributed by atoms with Crippen molar-refractivity contribution in [3.05, 3.63) is 65.2 Å². The van der Waals surface area contributed by atoms with Crippen molar-refractivity contribution < 1.29 is 14.3 Å². The summed E-state index contributed by atoms with van der Waals surface area (Å²) in [4.78, 5) is 24.9. The second kappa shape index (κ2) is 11.4. The summed E-state index contributed by atoms with van der Waals surface area (Å²) in [5.74, 6) is 1.13. The maximum Gasteiger partial charge on any atom is 0.251 e. The maximum atomic E-state index is 12.5. The van der Waals surface area contributed by atoms with E-state index in [9.17, 15) is 9.59 Å². The Bertz CT molecular complexity index is 781. The van der Waals surface area contributed by atoms with E-state index in [1.165, 1.54) is 11.1 Å². The lowest BCUT2D eigenvalue weighted by atomic mass is 10.1. The van der Waals surface area contributed by atoms with Crippen LogP contribution in [0.25, 0.3) is 0 Å². The summed E-state index contributed by atoms with van der Waals surface area (Å²) in [6.07, 6.45) is 2.55. The number of thioether (sulfide) groups is 1. The number of rotatable bonds is 10. The molecule has 150 valence electrons. The Labute approximate surface area is 171 Å². The molecule has 0 aromatic heterocycles. The molecule has 0 spiro atoms. The average Bonchev–Trinajstić information content (AvgIpc) is 2.71. The maximum absolute atomic E-state index is 12.5. The molecule has 1 unspecified atom stereocenters. The topological polar surface area (TPSA) is 67.4 Å². The van der Waals surface area contributed by atoms with E-state index in [1.54, 1.807) is 36.0 Å². The van der Waals surface area contributed by atoms with Crippen LogP contribution in [0.5, 0.6) is 5.75 Å². The molecule has 2 aromatic rings. The summed E-state index contributed by atoms with van der Waals surface area (Å²) >= 11 is 1.64. The predicted octanol–water partition coefficient (Wildman–Crippen LogP) is 3.35. The molecule has 1 atom stereocenters. The number of aryl methyl sites for hydroxylation is 2. The van der Waals surface area contributed by atoms with Gasteiger partial charge in [0.05, 0.1) is 6.54 Å². The number of nitrogens with one attached hydrogen (secondary N) is 2. The summed E-state index contributed by atoms with van der Waals surface area (Å²) in [7, 11) is 0. The molecule has 0 saturated heterocycles. The minimum absolute atomic E-state index is 0.193. The molecule has 2 amide bonds. The van der Waals surface area contributed by atoms with E-state index in [1.807, 2.05) is 37.4 Å². The Hall–Kier alpha value is -2.47.